The van der Waals surface area contributed by atoms with Crippen molar-refractivity contribution in [2.75, 3.05) is 5.32 Å². The van der Waals surface area contributed by atoms with Gasteiger partial charge in [-0.15, -0.1) is 10.2 Å². The van der Waals surface area contributed by atoms with E-state index in [2.05, 4.69) is 25.6 Å². The van der Waals surface area contributed by atoms with Gasteiger partial charge >= 0.3 is 6.18 Å². The molecule has 0 aromatic carbocycles. The Morgan fingerprint density at radius 2 is 2.08 bits per heavy atom. The Bertz CT molecular complexity index is 845. The first-order chi connectivity index (χ1) is 11.4. The van der Waals surface area contributed by atoms with Crippen molar-refractivity contribution in [1.82, 2.24) is 25.0 Å². The maximum atomic E-state index is 12.5. The third kappa shape index (κ3) is 3.74. The van der Waals surface area contributed by atoms with Crippen LogP contribution < -0.4 is 5.32 Å². The fourth-order valence-corrected chi connectivity index (χ4v) is 2.51. The largest absolute Gasteiger partial charge is 0.435 e. The Labute approximate surface area is 137 Å². The first-order valence-corrected chi connectivity index (χ1v) is 7.39. The first-order valence-electron chi connectivity index (χ1n) is 6.57. The van der Waals surface area contributed by atoms with Crippen molar-refractivity contribution in [3.05, 3.63) is 42.4 Å². The van der Waals surface area contributed by atoms with Gasteiger partial charge in [0.15, 0.2) is 10.7 Å². The van der Waals surface area contributed by atoms with Crippen molar-refractivity contribution in [1.29, 1.82) is 0 Å². The summed E-state index contributed by atoms with van der Waals surface area (Å²) in [7, 11) is 0. The molecule has 124 valence electrons. The molecule has 7 nitrogen and oxygen atoms in total. The monoisotopic (exact) mass is 354 g/mol. The van der Waals surface area contributed by atoms with Crippen molar-refractivity contribution in [2.45, 2.75) is 12.7 Å². The molecule has 0 aliphatic rings. The van der Waals surface area contributed by atoms with E-state index in [9.17, 15) is 18.0 Å². The Kier molecular flexibility index (Phi) is 4.25. The third-order valence-corrected chi connectivity index (χ3v) is 3.65. The molecular weight excluding hydrogens is 345 g/mol. The van der Waals surface area contributed by atoms with Gasteiger partial charge < -0.3 is 0 Å². The summed E-state index contributed by atoms with van der Waals surface area (Å²) in [4.78, 5) is 16.0. The number of halogens is 3. The van der Waals surface area contributed by atoms with Crippen molar-refractivity contribution in [3.63, 3.8) is 0 Å². The zero-order valence-corrected chi connectivity index (χ0v) is 12.7. The van der Waals surface area contributed by atoms with Crippen LogP contribution in [0.15, 0.2) is 36.7 Å². The number of carbonyl (C=O) groups excluding carboxylic acids is 1. The second-order valence-corrected chi connectivity index (χ2v) is 5.55. The number of hydrogen-bond acceptors (Lipinski definition) is 6. The quantitative estimate of drug-likeness (QED) is 0.778. The molecule has 3 aromatic rings. The molecule has 3 aromatic heterocycles. The van der Waals surface area contributed by atoms with Gasteiger partial charge in [-0.05, 0) is 18.2 Å². The molecule has 24 heavy (non-hydrogen) atoms. The minimum atomic E-state index is -4.54. The summed E-state index contributed by atoms with van der Waals surface area (Å²) < 4.78 is 38.3. The number of alkyl halides is 3. The van der Waals surface area contributed by atoms with E-state index in [1.807, 2.05) is 0 Å². The summed E-state index contributed by atoms with van der Waals surface area (Å²) in [6.07, 6.45) is -1.86. The number of nitrogens with zero attached hydrogens (tertiary/aromatic N) is 5. The molecule has 1 amide bonds. The summed E-state index contributed by atoms with van der Waals surface area (Å²) in [5, 5.41) is 14.2. The average molecular weight is 354 g/mol. The maximum absolute atomic E-state index is 12.5. The maximum Gasteiger partial charge on any atom is 0.435 e. The van der Waals surface area contributed by atoms with Gasteiger partial charge in [-0.3, -0.25) is 19.8 Å². The zero-order chi connectivity index (χ0) is 17.2. The van der Waals surface area contributed by atoms with E-state index in [0.29, 0.717) is 10.7 Å². The predicted molar refractivity (Wildman–Crippen MR) is 79.0 cm³/mol. The van der Waals surface area contributed by atoms with Crippen LogP contribution in [0.2, 0.25) is 0 Å². The number of aromatic nitrogens is 5. The molecule has 11 heteroatoms. The number of nitrogens with one attached hydrogen (secondary N) is 1. The number of pyridine rings is 1. The lowest BCUT2D eigenvalue weighted by atomic mass is 10.4. The predicted octanol–water partition coefficient (Wildman–Crippen LogP) is 2.45. The number of anilines is 1. The van der Waals surface area contributed by atoms with Crippen molar-refractivity contribution in [2.24, 2.45) is 0 Å². The van der Waals surface area contributed by atoms with Gasteiger partial charge in [0.25, 0.3) is 0 Å². The average Bonchev–Trinajstić information content (AvgIpc) is 3.17. The summed E-state index contributed by atoms with van der Waals surface area (Å²) in [6, 6.07) is 6.09. The van der Waals surface area contributed by atoms with Gasteiger partial charge in [-0.25, -0.2) is 0 Å². The Hall–Kier alpha value is -2.82. The van der Waals surface area contributed by atoms with Crippen LogP contribution in [-0.4, -0.2) is 30.9 Å². The highest BCUT2D eigenvalue weighted by atomic mass is 32.1. The smallest absolute Gasteiger partial charge is 0.299 e. The fraction of sp³-hybridized carbons (Fsp3) is 0.154. The Morgan fingerprint density at radius 1 is 1.25 bits per heavy atom. The highest BCUT2D eigenvalue weighted by molar-refractivity contribution is 7.18. The molecule has 0 atom stereocenters. The van der Waals surface area contributed by atoms with Crippen LogP contribution in [0.25, 0.3) is 10.7 Å². The molecule has 0 fully saturated rings. The number of carbonyl (C=O) groups is 1. The van der Waals surface area contributed by atoms with Crippen LogP contribution in [0.5, 0.6) is 0 Å². The Balaban J connectivity index is 1.63. The summed E-state index contributed by atoms with van der Waals surface area (Å²) in [6.45, 7) is -0.366. The van der Waals surface area contributed by atoms with Gasteiger partial charge in [0.2, 0.25) is 11.0 Å². The van der Waals surface area contributed by atoms with Gasteiger partial charge in [0, 0.05) is 12.4 Å². The Morgan fingerprint density at radius 3 is 2.75 bits per heavy atom. The third-order valence-electron chi connectivity index (χ3n) is 2.79. The van der Waals surface area contributed by atoms with E-state index in [1.54, 1.807) is 24.4 Å². The fourth-order valence-electron chi connectivity index (χ4n) is 1.77. The van der Waals surface area contributed by atoms with Crippen LogP contribution in [-0.2, 0) is 17.5 Å². The molecule has 0 saturated heterocycles. The topological polar surface area (TPSA) is 85.6 Å². The van der Waals surface area contributed by atoms with Gasteiger partial charge in [-0.2, -0.15) is 18.3 Å². The second-order valence-electron chi connectivity index (χ2n) is 4.57. The molecule has 0 bridgehead atoms. The molecule has 0 saturated carbocycles. The van der Waals surface area contributed by atoms with Crippen LogP contribution in [0.4, 0.5) is 18.3 Å². The van der Waals surface area contributed by atoms with Gasteiger partial charge in [0.05, 0.1) is 0 Å². The summed E-state index contributed by atoms with van der Waals surface area (Å²) in [5.41, 5.74) is -0.443. The lowest BCUT2D eigenvalue weighted by molar-refractivity contribution is -0.141. The van der Waals surface area contributed by atoms with E-state index in [-0.39, 0.29) is 11.7 Å². The standard InChI is InChI=1S/C13H9F3N6OS/c14-13(15,16)9-4-6-22(21-9)7-10(23)18-12-20-19-11(24-12)8-3-1-2-5-17-8/h1-6H,7H2,(H,18,20,23). The molecule has 0 aliphatic heterocycles. The molecule has 1 N–H and O–H groups in total. The summed E-state index contributed by atoms with van der Waals surface area (Å²) >= 11 is 1.11. The molecule has 0 aliphatic carbocycles. The van der Waals surface area contributed by atoms with E-state index in [0.717, 1.165) is 28.3 Å². The molecule has 0 spiro atoms. The number of amides is 1. The van der Waals surface area contributed by atoms with E-state index >= 15 is 0 Å². The molecule has 3 heterocycles. The molecule has 3 rings (SSSR count). The van der Waals surface area contributed by atoms with Crippen LogP contribution in [0.1, 0.15) is 5.69 Å². The SMILES string of the molecule is O=C(Cn1ccc(C(F)(F)F)n1)Nc1nnc(-c2ccccn2)s1. The van der Waals surface area contributed by atoms with E-state index in [1.165, 1.54) is 0 Å². The second kappa shape index (κ2) is 6.35. The zero-order valence-electron chi connectivity index (χ0n) is 11.9. The van der Waals surface area contributed by atoms with Crippen LogP contribution >= 0.6 is 11.3 Å². The van der Waals surface area contributed by atoms with Crippen LogP contribution in [0, 0.1) is 0 Å². The lowest BCUT2D eigenvalue weighted by Crippen LogP contribution is -2.19. The number of rotatable bonds is 4. The van der Waals surface area contributed by atoms with Gasteiger partial charge in [-0.1, -0.05) is 17.4 Å². The minimum absolute atomic E-state index is 0.226. The van der Waals surface area contributed by atoms with E-state index in [4.69, 9.17) is 0 Å². The van der Waals surface area contributed by atoms with Crippen molar-refractivity contribution >= 4 is 22.4 Å². The van der Waals surface area contributed by atoms with Crippen molar-refractivity contribution < 1.29 is 18.0 Å². The number of hydrogen-bond donors (Lipinski definition) is 1. The van der Waals surface area contributed by atoms with Crippen LogP contribution in [0.3, 0.4) is 0 Å². The normalized spacial score (nSPS) is 11.5. The molecule has 0 unspecified atom stereocenters. The van der Waals surface area contributed by atoms with E-state index < -0.39 is 17.8 Å². The lowest BCUT2D eigenvalue weighted by Gasteiger charge is -2.03. The van der Waals surface area contributed by atoms with Gasteiger partial charge in [0.1, 0.15) is 12.2 Å². The minimum Gasteiger partial charge on any atom is -0.299 e. The molecular formula is C13H9F3N6OS. The van der Waals surface area contributed by atoms with Crippen molar-refractivity contribution in [3.8, 4) is 10.7 Å². The summed E-state index contributed by atoms with van der Waals surface area (Å²) in [5.74, 6) is -0.560. The first kappa shape index (κ1) is 16.1. The molecule has 0 radical (unpaired) electrons. The highest BCUT2D eigenvalue weighted by Gasteiger charge is 2.33. The highest BCUT2D eigenvalue weighted by Crippen LogP contribution is 2.27.